The second-order valence-electron chi connectivity index (χ2n) is 9.23. The van der Waals surface area contributed by atoms with Gasteiger partial charge in [-0.05, 0) is 43.4 Å². The number of urea groups is 1. The lowest BCUT2D eigenvalue weighted by Gasteiger charge is -2.32. The first-order chi connectivity index (χ1) is 17.7. The minimum atomic E-state index is -2.27. The molecule has 0 saturated heterocycles. The number of nitrogens with one attached hydrogen (secondary N) is 1. The fourth-order valence-corrected chi connectivity index (χ4v) is 4.39. The van der Waals surface area contributed by atoms with Crippen LogP contribution in [-0.4, -0.2) is 95.4 Å². The number of carboxylic acid groups (broad SMARTS) is 2. The van der Waals surface area contributed by atoms with Gasteiger partial charge in [-0.25, -0.2) is 19.4 Å². The number of fused-ring (bicyclic) bond motifs is 3. The Bertz CT molecular complexity index is 1160. The number of amides is 2. The van der Waals surface area contributed by atoms with Crippen molar-refractivity contribution >= 4 is 29.6 Å². The maximum absolute atomic E-state index is 13.1. The number of aliphatic carboxylic acids is 2. The molecule has 13 heteroatoms. The molecule has 2 aromatic rings. The monoisotopic (exact) mass is 514 g/mol. The van der Waals surface area contributed by atoms with Crippen molar-refractivity contribution < 1.29 is 34.8 Å². The Labute approximate surface area is 212 Å². The molecule has 0 spiro atoms. The number of aliphatic imine (C=N–C) groups is 1. The summed E-state index contributed by atoms with van der Waals surface area (Å²) in [5.41, 5.74) is 2.11. The molecule has 1 fully saturated rings. The first kappa shape index (κ1) is 26.2. The van der Waals surface area contributed by atoms with Gasteiger partial charge in [-0.1, -0.05) is 13.3 Å². The predicted octanol–water partition coefficient (Wildman–Crippen LogP) is 0.973. The summed E-state index contributed by atoms with van der Waals surface area (Å²) in [6, 6.07) is 4.10. The molecular formula is C24H30N6O7. The molecule has 5 N–H and O–H groups in total. The third-order valence-corrected chi connectivity index (χ3v) is 6.56. The van der Waals surface area contributed by atoms with Gasteiger partial charge < -0.3 is 25.4 Å². The highest BCUT2D eigenvalue weighted by molar-refractivity contribution is 6.18. The molecule has 2 aromatic heterocycles. The van der Waals surface area contributed by atoms with Crippen LogP contribution in [-0.2, 0) is 16.0 Å². The molecule has 0 aromatic carbocycles. The standard InChI is InChI=1S/C20H24N6O.C4H6O6/c1-2-10-25-19-16(23-17(24-19)14-4-3-5-14)18-22-15(12-26(18)20(25)27)11-13-6-8-21-9-7-13;5-1(3(7)8)2(6)4(9)10/h6-9,14-15H,2-5,10-12H2,1H3,(H,23,24);1-2,5-6H,(H,7,8)(H,9,10)/t15-;/m1./s1. The van der Waals surface area contributed by atoms with E-state index in [1.54, 1.807) is 12.4 Å². The van der Waals surface area contributed by atoms with Gasteiger partial charge in [0.15, 0.2) is 23.9 Å². The Morgan fingerprint density at radius 3 is 2.32 bits per heavy atom. The lowest BCUT2D eigenvalue weighted by molar-refractivity contribution is -0.165. The van der Waals surface area contributed by atoms with E-state index in [0.717, 1.165) is 36.0 Å². The smallest absolute Gasteiger partial charge is 0.335 e. The third kappa shape index (κ3) is 5.47. The summed E-state index contributed by atoms with van der Waals surface area (Å²) in [4.78, 5) is 53.6. The number of H-pyrrole nitrogens is 1. The first-order valence-corrected chi connectivity index (χ1v) is 12.2. The maximum atomic E-state index is 13.1. The highest BCUT2D eigenvalue weighted by Gasteiger charge is 2.43. The van der Waals surface area contributed by atoms with E-state index >= 15 is 0 Å². The number of pyridine rings is 1. The zero-order chi connectivity index (χ0) is 26.7. The quantitative estimate of drug-likeness (QED) is 0.341. The third-order valence-electron chi connectivity index (χ3n) is 6.56. The number of hydrogen-bond donors (Lipinski definition) is 5. The Hall–Kier alpha value is -3.84. The van der Waals surface area contributed by atoms with Crippen LogP contribution in [0.25, 0.3) is 0 Å². The van der Waals surface area contributed by atoms with Crippen molar-refractivity contribution in [3.63, 3.8) is 0 Å². The summed E-state index contributed by atoms with van der Waals surface area (Å²) in [7, 11) is 0. The molecule has 1 saturated carbocycles. The second-order valence-corrected chi connectivity index (χ2v) is 9.23. The van der Waals surface area contributed by atoms with Gasteiger partial charge >= 0.3 is 18.0 Å². The molecule has 2 unspecified atom stereocenters. The van der Waals surface area contributed by atoms with E-state index in [4.69, 9.17) is 30.4 Å². The molecule has 198 valence electrons. The number of nitrogens with zero attached hydrogens (tertiary/aromatic N) is 5. The van der Waals surface area contributed by atoms with Crippen LogP contribution in [0.1, 0.15) is 55.6 Å². The van der Waals surface area contributed by atoms with E-state index in [0.29, 0.717) is 19.0 Å². The Morgan fingerprint density at radius 2 is 1.78 bits per heavy atom. The highest BCUT2D eigenvalue weighted by Crippen LogP contribution is 2.38. The number of carbonyl (C=O) groups is 3. The number of anilines is 1. The molecule has 1 aliphatic carbocycles. The van der Waals surface area contributed by atoms with Crippen molar-refractivity contribution in [2.75, 3.05) is 18.0 Å². The molecule has 2 amide bonds. The average Bonchev–Trinajstić information content (AvgIpc) is 3.45. The van der Waals surface area contributed by atoms with Crippen LogP contribution in [0.3, 0.4) is 0 Å². The van der Waals surface area contributed by atoms with Crippen LogP contribution in [0, 0.1) is 0 Å². The maximum Gasteiger partial charge on any atom is 0.335 e. The number of carbonyl (C=O) groups excluding carboxylic acids is 1. The summed E-state index contributed by atoms with van der Waals surface area (Å²) < 4.78 is 0. The van der Waals surface area contributed by atoms with Crippen LogP contribution in [0.5, 0.6) is 0 Å². The van der Waals surface area contributed by atoms with E-state index in [-0.39, 0.29) is 12.1 Å². The van der Waals surface area contributed by atoms with Crippen molar-refractivity contribution in [1.29, 1.82) is 0 Å². The summed E-state index contributed by atoms with van der Waals surface area (Å²) in [5, 5.41) is 32.5. The van der Waals surface area contributed by atoms with E-state index < -0.39 is 24.1 Å². The van der Waals surface area contributed by atoms with Crippen molar-refractivity contribution in [2.45, 2.75) is 63.2 Å². The van der Waals surface area contributed by atoms with E-state index in [1.807, 2.05) is 21.9 Å². The number of amidine groups is 1. The summed E-state index contributed by atoms with van der Waals surface area (Å²) in [6.45, 7) is 3.39. The van der Waals surface area contributed by atoms with Crippen LogP contribution in [0.2, 0.25) is 0 Å². The van der Waals surface area contributed by atoms with Gasteiger partial charge in [0.1, 0.15) is 11.5 Å². The number of aromatic nitrogens is 3. The first-order valence-electron chi connectivity index (χ1n) is 12.2. The number of hydrogen-bond acceptors (Lipinski definition) is 8. The minimum Gasteiger partial charge on any atom is -0.479 e. The zero-order valence-corrected chi connectivity index (χ0v) is 20.3. The summed E-state index contributed by atoms with van der Waals surface area (Å²) >= 11 is 0. The number of aromatic amines is 1. The van der Waals surface area contributed by atoms with E-state index in [9.17, 15) is 14.4 Å². The Morgan fingerprint density at radius 1 is 1.14 bits per heavy atom. The lowest BCUT2D eigenvalue weighted by Crippen LogP contribution is -2.50. The number of rotatable bonds is 8. The summed E-state index contributed by atoms with van der Waals surface area (Å²) in [6.07, 6.45) is 4.39. The molecule has 3 atom stereocenters. The van der Waals surface area contributed by atoms with E-state index in [2.05, 4.69) is 16.9 Å². The SMILES string of the molecule is CCCN1C(=O)N2C[C@@H](Cc3ccncc3)N=C2c2[nH]c(C3CCC3)nc21.O=C(O)C(O)C(O)C(=O)O. The number of carboxylic acids is 2. The molecule has 0 bridgehead atoms. The normalized spacial score (nSPS) is 20.1. The van der Waals surface area contributed by atoms with Crippen LogP contribution < -0.4 is 4.90 Å². The molecule has 37 heavy (non-hydrogen) atoms. The highest BCUT2D eigenvalue weighted by atomic mass is 16.4. The van der Waals surface area contributed by atoms with Crippen molar-refractivity contribution in [1.82, 2.24) is 19.9 Å². The van der Waals surface area contributed by atoms with E-state index in [1.165, 1.54) is 24.8 Å². The van der Waals surface area contributed by atoms with Crippen LogP contribution >= 0.6 is 0 Å². The van der Waals surface area contributed by atoms with Gasteiger partial charge in [0.05, 0.1) is 12.6 Å². The second kappa shape index (κ2) is 11.0. The van der Waals surface area contributed by atoms with Crippen LogP contribution in [0.4, 0.5) is 10.6 Å². The van der Waals surface area contributed by atoms with Crippen LogP contribution in [0.15, 0.2) is 29.5 Å². The number of aliphatic hydroxyl groups is 2. The molecule has 13 nitrogen and oxygen atoms in total. The zero-order valence-electron chi connectivity index (χ0n) is 20.3. The van der Waals surface area contributed by atoms with Crippen molar-refractivity contribution in [3.8, 4) is 0 Å². The largest absolute Gasteiger partial charge is 0.479 e. The van der Waals surface area contributed by atoms with Gasteiger partial charge in [0.25, 0.3) is 0 Å². The Balaban J connectivity index is 0.000000275. The number of imidazole rings is 1. The molecule has 0 radical (unpaired) electrons. The predicted molar refractivity (Wildman–Crippen MR) is 130 cm³/mol. The van der Waals surface area contributed by atoms with Gasteiger partial charge in [0.2, 0.25) is 0 Å². The number of aliphatic hydroxyl groups excluding tert-OH is 2. The van der Waals surface area contributed by atoms with Gasteiger partial charge in [-0.15, -0.1) is 0 Å². The van der Waals surface area contributed by atoms with Gasteiger partial charge in [-0.3, -0.25) is 19.8 Å². The molecule has 3 aliphatic rings. The van der Waals surface area contributed by atoms with Crippen molar-refractivity contribution in [2.24, 2.45) is 4.99 Å². The van der Waals surface area contributed by atoms with Gasteiger partial charge in [0, 0.05) is 24.9 Å². The van der Waals surface area contributed by atoms with Gasteiger partial charge in [-0.2, -0.15) is 0 Å². The molecule has 2 aliphatic heterocycles. The lowest BCUT2D eigenvalue weighted by atomic mass is 9.85. The molecule has 5 rings (SSSR count). The fraction of sp³-hybridized carbons (Fsp3) is 0.500. The molecule has 4 heterocycles. The fourth-order valence-electron chi connectivity index (χ4n) is 4.39. The summed E-state index contributed by atoms with van der Waals surface area (Å²) in [5.74, 6) is -0.493. The average molecular weight is 515 g/mol. The minimum absolute atomic E-state index is 0.00647. The Kier molecular flexibility index (Phi) is 7.83. The topological polar surface area (TPSA) is 193 Å². The van der Waals surface area contributed by atoms with Crippen molar-refractivity contribution in [3.05, 3.63) is 41.6 Å². The molecular weight excluding hydrogens is 484 g/mol.